The summed E-state index contributed by atoms with van der Waals surface area (Å²) in [5.41, 5.74) is 4.40. The van der Waals surface area contributed by atoms with Gasteiger partial charge in [-0.05, 0) is 57.0 Å². The number of nitriles is 1. The van der Waals surface area contributed by atoms with Crippen LogP contribution in [0.1, 0.15) is 47.0 Å². The molecule has 0 radical (unpaired) electrons. The van der Waals surface area contributed by atoms with Crippen LogP contribution >= 0.6 is 11.8 Å². The van der Waals surface area contributed by atoms with Crippen LogP contribution in [-0.4, -0.2) is 17.3 Å². The van der Waals surface area contributed by atoms with Crippen molar-refractivity contribution in [3.05, 3.63) is 80.9 Å². The monoisotopic (exact) mass is 406 g/mol. The minimum atomic E-state index is -0.576. The molecule has 148 valence electrons. The molecule has 0 unspecified atom stereocenters. The fourth-order valence-corrected chi connectivity index (χ4v) is 4.36. The van der Waals surface area contributed by atoms with E-state index in [0.717, 1.165) is 11.1 Å². The van der Waals surface area contributed by atoms with Crippen LogP contribution in [0.3, 0.4) is 0 Å². The lowest BCUT2D eigenvalue weighted by atomic mass is 9.84. The highest BCUT2D eigenvalue weighted by molar-refractivity contribution is 8.03. The summed E-state index contributed by atoms with van der Waals surface area (Å²) in [6.45, 7) is 7.26. The highest BCUT2D eigenvalue weighted by Crippen LogP contribution is 2.41. The molecule has 1 atom stereocenters. The summed E-state index contributed by atoms with van der Waals surface area (Å²) < 4.78 is 5.53. The van der Waals surface area contributed by atoms with Crippen LogP contribution in [0, 0.1) is 25.2 Å². The van der Waals surface area contributed by atoms with Crippen LogP contribution < -0.4 is 5.32 Å². The van der Waals surface area contributed by atoms with Gasteiger partial charge in [-0.25, -0.2) is 0 Å². The van der Waals surface area contributed by atoms with Gasteiger partial charge in [0, 0.05) is 16.8 Å². The number of hydrogen-bond acceptors (Lipinski definition) is 6. The van der Waals surface area contributed by atoms with Gasteiger partial charge in [-0.3, -0.25) is 9.59 Å². The predicted molar refractivity (Wildman–Crippen MR) is 113 cm³/mol. The van der Waals surface area contributed by atoms with Gasteiger partial charge in [-0.15, -0.1) is 0 Å². The topological polar surface area (TPSA) is 83.1 Å². The Labute approximate surface area is 174 Å². The first-order chi connectivity index (χ1) is 13.8. The molecule has 1 aliphatic rings. The van der Waals surface area contributed by atoms with Gasteiger partial charge in [-0.2, -0.15) is 5.26 Å². The molecule has 0 fully saturated rings. The number of thioether (sulfide) groups is 1. The molecule has 0 saturated carbocycles. The highest BCUT2D eigenvalue weighted by Gasteiger charge is 2.34. The van der Waals surface area contributed by atoms with E-state index in [9.17, 15) is 14.9 Å². The number of hydrogen-bond donors (Lipinski definition) is 1. The van der Waals surface area contributed by atoms with Crippen LogP contribution in [0.15, 0.2) is 62.9 Å². The van der Waals surface area contributed by atoms with Gasteiger partial charge in [0.25, 0.3) is 0 Å². The molecule has 0 bridgehead atoms. The molecule has 1 aromatic carbocycles. The van der Waals surface area contributed by atoms with Gasteiger partial charge in [0.2, 0.25) is 0 Å². The van der Waals surface area contributed by atoms with E-state index in [2.05, 4.69) is 11.4 Å². The second kappa shape index (κ2) is 8.54. The number of dihydropyridines is 1. The lowest BCUT2D eigenvalue weighted by Crippen LogP contribution is -2.27. The van der Waals surface area contributed by atoms with Crippen LogP contribution in [0.4, 0.5) is 0 Å². The van der Waals surface area contributed by atoms with E-state index >= 15 is 0 Å². The number of Topliss-reactive ketones (excluding diaryl/α,β-unsaturated/α-hetero) is 2. The summed E-state index contributed by atoms with van der Waals surface area (Å²) in [4.78, 5) is 24.9. The minimum Gasteiger partial charge on any atom is -0.468 e. The normalized spacial score (nSPS) is 16.4. The Morgan fingerprint density at radius 2 is 1.97 bits per heavy atom. The molecule has 0 saturated heterocycles. The average molecular weight is 407 g/mol. The number of carbonyl (C=O) groups is 2. The van der Waals surface area contributed by atoms with E-state index in [1.54, 1.807) is 19.1 Å². The molecule has 0 spiro atoms. The molecule has 1 N–H and O–H groups in total. The SMILES string of the molecule is CC(=O)C1=C(C)NC(SCC(=O)c2ccc(C)c(C)c2)=C(C#N)[C@@H]1c1ccco1. The Morgan fingerprint density at radius 3 is 2.55 bits per heavy atom. The fourth-order valence-electron chi connectivity index (χ4n) is 3.37. The Kier molecular flexibility index (Phi) is 6.09. The summed E-state index contributed by atoms with van der Waals surface area (Å²) in [5.74, 6) is 0.000583. The van der Waals surface area contributed by atoms with E-state index in [0.29, 0.717) is 33.2 Å². The third-order valence-corrected chi connectivity index (χ3v) is 6.05. The first-order valence-corrected chi connectivity index (χ1v) is 10.2. The molecule has 1 aliphatic heterocycles. The van der Waals surface area contributed by atoms with Crippen molar-refractivity contribution in [1.29, 1.82) is 5.26 Å². The lowest BCUT2D eigenvalue weighted by Gasteiger charge is -2.27. The molecule has 0 aliphatic carbocycles. The average Bonchev–Trinajstić information content (AvgIpc) is 3.21. The van der Waals surface area contributed by atoms with Gasteiger partial charge in [-0.1, -0.05) is 23.9 Å². The second-order valence-corrected chi connectivity index (χ2v) is 8.02. The number of nitrogens with zero attached hydrogens (tertiary/aromatic N) is 1. The summed E-state index contributed by atoms with van der Waals surface area (Å²) >= 11 is 1.27. The number of aryl methyl sites for hydroxylation is 2. The van der Waals surface area contributed by atoms with Crippen LogP contribution in [0.5, 0.6) is 0 Å². The molecule has 2 heterocycles. The van der Waals surface area contributed by atoms with Crippen molar-refractivity contribution in [3.63, 3.8) is 0 Å². The first-order valence-electron chi connectivity index (χ1n) is 9.23. The molecule has 3 rings (SSSR count). The minimum absolute atomic E-state index is 0.0155. The number of carbonyl (C=O) groups excluding carboxylic acids is 2. The summed E-state index contributed by atoms with van der Waals surface area (Å²) in [6, 6.07) is 11.3. The zero-order chi connectivity index (χ0) is 21.1. The largest absolute Gasteiger partial charge is 0.468 e. The molecular weight excluding hydrogens is 384 g/mol. The highest BCUT2D eigenvalue weighted by atomic mass is 32.2. The zero-order valence-electron chi connectivity index (χ0n) is 16.8. The Hall–Kier alpha value is -3.04. The van der Waals surface area contributed by atoms with Crippen molar-refractivity contribution < 1.29 is 14.0 Å². The third kappa shape index (κ3) is 4.20. The fraction of sp³-hybridized carbons (Fsp3) is 0.261. The molecular formula is C23H22N2O3S. The number of ketones is 2. The zero-order valence-corrected chi connectivity index (χ0v) is 17.6. The third-order valence-electron chi connectivity index (χ3n) is 5.03. The molecule has 1 aromatic heterocycles. The van der Waals surface area contributed by atoms with Gasteiger partial charge in [0.05, 0.1) is 34.6 Å². The molecule has 6 heteroatoms. The van der Waals surface area contributed by atoms with Crippen LogP contribution in [0.25, 0.3) is 0 Å². The van der Waals surface area contributed by atoms with Crippen LogP contribution in [-0.2, 0) is 4.79 Å². The standard InChI is InChI=1S/C23H22N2O3S/c1-13-7-8-17(10-14(13)2)19(27)12-29-23-18(11-24)22(20-6-5-9-28-20)21(16(4)26)15(3)25-23/h5-10,22,25H,12H2,1-4H3/t22-/m1/s1. The van der Waals surface area contributed by atoms with Gasteiger partial charge >= 0.3 is 0 Å². The second-order valence-electron chi connectivity index (χ2n) is 7.03. The predicted octanol–water partition coefficient (Wildman–Crippen LogP) is 4.80. The van der Waals surface area contributed by atoms with Gasteiger partial charge < -0.3 is 9.73 Å². The number of allylic oxidation sites excluding steroid dienone is 3. The molecule has 2 aromatic rings. The maximum Gasteiger partial charge on any atom is 0.173 e. The molecule has 5 nitrogen and oxygen atoms in total. The van der Waals surface area contributed by atoms with E-state index in [1.165, 1.54) is 24.9 Å². The van der Waals surface area contributed by atoms with Crippen molar-refractivity contribution in [1.82, 2.24) is 5.32 Å². The summed E-state index contributed by atoms with van der Waals surface area (Å²) in [7, 11) is 0. The Balaban J connectivity index is 1.90. The number of furan rings is 1. The van der Waals surface area contributed by atoms with Crippen LogP contribution in [0.2, 0.25) is 0 Å². The maximum atomic E-state index is 12.7. The molecule has 29 heavy (non-hydrogen) atoms. The van der Waals surface area contributed by atoms with Crippen molar-refractivity contribution in [2.75, 3.05) is 5.75 Å². The van der Waals surface area contributed by atoms with Gasteiger partial charge in [0.15, 0.2) is 11.6 Å². The summed E-state index contributed by atoms with van der Waals surface area (Å²) in [6.07, 6.45) is 1.52. The van der Waals surface area contributed by atoms with Crippen molar-refractivity contribution >= 4 is 23.3 Å². The smallest absolute Gasteiger partial charge is 0.173 e. The van der Waals surface area contributed by atoms with Gasteiger partial charge in [0.1, 0.15) is 5.76 Å². The quantitative estimate of drug-likeness (QED) is 0.694. The van der Waals surface area contributed by atoms with E-state index in [-0.39, 0.29) is 17.3 Å². The van der Waals surface area contributed by atoms with E-state index in [4.69, 9.17) is 4.42 Å². The number of nitrogens with one attached hydrogen (secondary N) is 1. The van der Waals surface area contributed by atoms with Crippen molar-refractivity contribution in [2.24, 2.45) is 0 Å². The van der Waals surface area contributed by atoms with Crippen molar-refractivity contribution in [2.45, 2.75) is 33.6 Å². The Bertz CT molecular complexity index is 1070. The summed E-state index contributed by atoms with van der Waals surface area (Å²) in [5, 5.41) is 13.6. The van der Waals surface area contributed by atoms with E-state index in [1.807, 2.05) is 32.0 Å². The number of rotatable bonds is 6. The molecule has 0 amide bonds. The van der Waals surface area contributed by atoms with Crippen molar-refractivity contribution in [3.8, 4) is 6.07 Å². The number of benzene rings is 1. The Morgan fingerprint density at radius 1 is 1.21 bits per heavy atom. The lowest BCUT2D eigenvalue weighted by molar-refractivity contribution is -0.113. The maximum absolute atomic E-state index is 12.7. The first kappa shape index (κ1) is 20.7. The van der Waals surface area contributed by atoms with E-state index < -0.39 is 5.92 Å².